The van der Waals surface area contributed by atoms with Crippen LogP contribution in [0.2, 0.25) is 5.02 Å². The smallest absolute Gasteiger partial charge is 0.157 e. The van der Waals surface area contributed by atoms with Gasteiger partial charge in [0.25, 0.3) is 0 Å². The number of ketones is 1. The second-order valence-corrected chi connectivity index (χ2v) is 5.91. The van der Waals surface area contributed by atoms with Gasteiger partial charge in [-0.2, -0.15) is 5.26 Å². The summed E-state index contributed by atoms with van der Waals surface area (Å²) in [5.74, 6) is 0.198. The Balaban J connectivity index is 2.11. The SMILES string of the molecule is CC1CCC(C(=O)C(C#N)c2ccc(Cl)cc2)CC1. The third-order valence-corrected chi connectivity index (χ3v) is 4.29. The van der Waals surface area contributed by atoms with E-state index in [4.69, 9.17) is 11.6 Å². The molecule has 1 fully saturated rings. The summed E-state index contributed by atoms with van der Waals surface area (Å²) in [4.78, 5) is 12.5. The first kappa shape index (κ1) is 14.1. The fourth-order valence-corrected chi connectivity index (χ4v) is 2.86. The molecule has 1 atom stereocenters. The third kappa shape index (κ3) is 3.36. The standard InChI is InChI=1S/C16H18ClNO/c1-11-2-4-13(5-3-11)16(19)15(10-18)12-6-8-14(17)9-7-12/h6-9,11,13,15H,2-5H2,1H3. The van der Waals surface area contributed by atoms with Crippen molar-refractivity contribution < 1.29 is 4.79 Å². The van der Waals surface area contributed by atoms with Gasteiger partial charge in [0.1, 0.15) is 5.92 Å². The summed E-state index contributed by atoms with van der Waals surface area (Å²) in [7, 11) is 0. The molecule has 3 heteroatoms. The van der Waals surface area contributed by atoms with Crippen LogP contribution in [0, 0.1) is 23.2 Å². The molecule has 1 saturated carbocycles. The number of carbonyl (C=O) groups excluding carboxylic acids is 1. The number of nitrogens with zero attached hydrogens (tertiary/aromatic N) is 1. The Bertz CT molecular complexity index is 480. The average Bonchev–Trinajstić information content (AvgIpc) is 2.42. The lowest BCUT2D eigenvalue weighted by molar-refractivity contribution is -0.124. The lowest BCUT2D eigenvalue weighted by Crippen LogP contribution is -2.25. The summed E-state index contributed by atoms with van der Waals surface area (Å²) in [5, 5.41) is 9.92. The van der Waals surface area contributed by atoms with Crippen molar-refractivity contribution in [2.75, 3.05) is 0 Å². The van der Waals surface area contributed by atoms with Crippen LogP contribution in [0.5, 0.6) is 0 Å². The summed E-state index contributed by atoms with van der Waals surface area (Å²) in [6.07, 6.45) is 4.03. The van der Waals surface area contributed by atoms with E-state index in [9.17, 15) is 10.1 Å². The molecule has 1 aromatic carbocycles. The minimum Gasteiger partial charge on any atom is -0.298 e. The van der Waals surface area contributed by atoms with Gasteiger partial charge < -0.3 is 0 Å². The molecule has 0 radical (unpaired) electrons. The molecule has 1 aromatic rings. The van der Waals surface area contributed by atoms with Crippen molar-refractivity contribution in [2.45, 2.75) is 38.5 Å². The maximum atomic E-state index is 12.5. The van der Waals surface area contributed by atoms with E-state index in [1.165, 1.54) is 0 Å². The van der Waals surface area contributed by atoms with E-state index in [2.05, 4.69) is 13.0 Å². The summed E-state index contributed by atoms with van der Waals surface area (Å²) >= 11 is 5.84. The van der Waals surface area contributed by atoms with E-state index in [0.29, 0.717) is 10.9 Å². The van der Waals surface area contributed by atoms with Crippen LogP contribution in [0.3, 0.4) is 0 Å². The predicted molar refractivity (Wildman–Crippen MR) is 75.9 cm³/mol. The maximum Gasteiger partial charge on any atom is 0.157 e. The minimum atomic E-state index is -0.643. The maximum absolute atomic E-state index is 12.5. The quantitative estimate of drug-likeness (QED) is 0.823. The number of nitriles is 1. The summed E-state index contributed by atoms with van der Waals surface area (Å²) < 4.78 is 0. The van der Waals surface area contributed by atoms with Crippen LogP contribution in [0.1, 0.15) is 44.1 Å². The van der Waals surface area contributed by atoms with E-state index >= 15 is 0 Å². The van der Waals surface area contributed by atoms with Crippen molar-refractivity contribution in [1.82, 2.24) is 0 Å². The van der Waals surface area contributed by atoms with Gasteiger partial charge in [0.2, 0.25) is 0 Å². The highest BCUT2D eigenvalue weighted by atomic mass is 35.5. The van der Waals surface area contributed by atoms with Gasteiger partial charge in [0.15, 0.2) is 5.78 Å². The zero-order valence-electron chi connectivity index (χ0n) is 11.1. The Hall–Kier alpha value is -1.33. The second-order valence-electron chi connectivity index (χ2n) is 5.47. The van der Waals surface area contributed by atoms with Crippen LogP contribution >= 0.6 is 11.6 Å². The Labute approximate surface area is 119 Å². The van der Waals surface area contributed by atoms with Crippen LogP contribution in [-0.2, 0) is 4.79 Å². The highest BCUT2D eigenvalue weighted by Gasteiger charge is 2.30. The number of rotatable bonds is 3. The predicted octanol–water partition coefficient (Wildman–Crippen LogP) is 4.34. The van der Waals surface area contributed by atoms with Gasteiger partial charge in [0, 0.05) is 10.9 Å². The van der Waals surface area contributed by atoms with E-state index in [0.717, 1.165) is 31.2 Å². The number of benzene rings is 1. The molecule has 0 amide bonds. The van der Waals surface area contributed by atoms with E-state index in [-0.39, 0.29) is 11.7 Å². The van der Waals surface area contributed by atoms with Gasteiger partial charge in [-0.15, -0.1) is 0 Å². The van der Waals surface area contributed by atoms with Crippen molar-refractivity contribution in [3.8, 4) is 6.07 Å². The van der Waals surface area contributed by atoms with E-state index in [1.54, 1.807) is 24.3 Å². The molecule has 0 spiro atoms. The van der Waals surface area contributed by atoms with Gasteiger partial charge in [-0.25, -0.2) is 0 Å². The monoisotopic (exact) mass is 275 g/mol. The molecule has 1 aliphatic rings. The van der Waals surface area contributed by atoms with Crippen molar-refractivity contribution in [2.24, 2.45) is 11.8 Å². The third-order valence-electron chi connectivity index (χ3n) is 4.04. The Morgan fingerprint density at radius 3 is 2.37 bits per heavy atom. The normalized spacial score (nSPS) is 24.5. The molecular formula is C16H18ClNO. The fourth-order valence-electron chi connectivity index (χ4n) is 2.74. The molecule has 2 rings (SSSR count). The minimum absolute atomic E-state index is 0.0523. The Morgan fingerprint density at radius 1 is 1.26 bits per heavy atom. The molecule has 0 bridgehead atoms. The van der Waals surface area contributed by atoms with Gasteiger partial charge in [-0.05, 0) is 36.5 Å². The molecule has 19 heavy (non-hydrogen) atoms. The van der Waals surface area contributed by atoms with Crippen molar-refractivity contribution in [1.29, 1.82) is 5.26 Å². The van der Waals surface area contributed by atoms with Gasteiger partial charge in [-0.1, -0.05) is 43.5 Å². The zero-order valence-corrected chi connectivity index (χ0v) is 11.9. The molecule has 0 aromatic heterocycles. The second kappa shape index (κ2) is 6.21. The lowest BCUT2D eigenvalue weighted by atomic mass is 9.77. The average molecular weight is 276 g/mol. The van der Waals surface area contributed by atoms with Crippen molar-refractivity contribution in [3.63, 3.8) is 0 Å². The topological polar surface area (TPSA) is 40.9 Å². The highest BCUT2D eigenvalue weighted by Crippen LogP contribution is 2.33. The van der Waals surface area contributed by atoms with Crippen LogP contribution < -0.4 is 0 Å². The molecule has 0 N–H and O–H groups in total. The first-order valence-corrected chi connectivity index (χ1v) is 7.18. The van der Waals surface area contributed by atoms with Gasteiger partial charge in [0.05, 0.1) is 6.07 Å². The van der Waals surface area contributed by atoms with Gasteiger partial charge in [-0.3, -0.25) is 4.79 Å². The van der Waals surface area contributed by atoms with E-state index in [1.807, 2.05) is 0 Å². The van der Waals surface area contributed by atoms with Crippen LogP contribution in [0.15, 0.2) is 24.3 Å². The lowest BCUT2D eigenvalue weighted by Gasteiger charge is -2.26. The molecule has 1 aliphatic carbocycles. The summed E-state index contributed by atoms with van der Waals surface area (Å²) in [5.41, 5.74) is 0.760. The number of Topliss-reactive ketones (excluding diaryl/α,β-unsaturated/α-hetero) is 1. The molecule has 100 valence electrons. The molecule has 0 heterocycles. The number of carbonyl (C=O) groups is 1. The van der Waals surface area contributed by atoms with Crippen molar-refractivity contribution >= 4 is 17.4 Å². The Kier molecular flexibility index (Phi) is 4.61. The molecule has 2 nitrogen and oxygen atoms in total. The number of halogens is 1. The summed E-state index contributed by atoms with van der Waals surface area (Å²) in [6, 6.07) is 9.18. The number of hydrogen-bond donors (Lipinski definition) is 0. The first-order valence-electron chi connectivity index (χ1n) is 6.80. The van der Waals surface area contributed by atoms with Crippen LogP contribution in [0.25, 0.3) is 0 Å². The van der Waals surface area contributed by atoms with Crippen molar-refractivity contribution in [3.05, 3.63) is 34.9 Å². The van der Waals surface area contributed by atoms with Crippen LogP contribution in [0.4, 0.5) is 0 Å². The largest absolute Gasteiger partial charge is 0.298 e. The molecular weight excluding hydrogens is 258 g/mol. The highest BCUT2D eigenvalue weighted by molar-refractivity contribution is 6.30. The van der Waals surface area contributed by atoms with E-state index < -0.39 is 5.92 Å². The number of hydrogen-bond acceptors (Lipinski definition) is 2. The molecule has 0 saturated heterocycles. The van der Waals surface area contributed by atoms with Crippen LogP contribution in [-0.4, -0.2) is 5.78 Å². The summed E-state index contributed by atoms with van der Waals surface area (Å²) in [6.45, 7) is 2.22. The zero-order chi connectivity index (χ0) is 13.8. The van der Waals surface area contributed by atoms with Gasteiger partial charge >= 0.3 is 0 Å². The Morgan fingerprint density at radius 2 is 1.84 bits per heavy atom. The molecule has 0 aliphatic heterocycles. The first-order chi connectivity index (χ1) is 9.11. The molecule has 1 unspecified atom stereocenters. The fraction of sp³-hybridized carbons (Fsp3) is 0.500.